The van der Waals surface area contributed by atoms with Crippen LogP contribution in [-0.4, -0.2) is 31.0 Å². The summed E-state index contributed by atoms with van der Waals surface area (Å²) < 4.78 is 0. The van der Waals surface area contributed by atoms with E-state index in [-0.39, 0.29) is 24.7 Å². The summed E-state index contributed by atoms with van der Waals surface area (Å²) in [6.07, 6.45) is 0.640. The summed E-state index contributed by atoms with van der Waals surface area (Å²) in [4.78, 5) is 9.04. The van der Waals surface area contributed by atoms with Gasteiger partial charge in [0.05, 0.1) is 5.88 Å². The molecule has 26 valence electrons. The van der Waals surface area contributed by atoms with Crippen molar-refractivity contribution in [3.63, 3.8) is 0 Å². The summed E-state index contributed by atoms with van der Waals surface area (Å²) >= 11 is 4.82. The van der Waals surface area contributed by atoms with Crippen LogP contribution in [0.1, 0.15) is 0 Å². The average molecular weight is 86.4 g/mol. The Kier molecular flexibility index (Phi) is 16.1. The Hall–Kier alpha value is 0.557. The Bertz CT molecular complexity index is 23.6. The van der Waals surface area contributed by atoms with Gasteiger partial charge in [0.15, 0.2) is 0 Å². The Balaban J connectivity index is 0. The molecule has 0 N–H and O–H groups in total. The monoisotopic (exact) mass is 86.0 g/mol. The van der Waals surface area contributed by atoms with Crippen LogP contribution in [0.3, 0.4) is 0 Å². The summed E-state index contributed by atoms with van der Waals surface area (Å²) in [5, 5.41) is 0. The Morgan fingerprint density at radius 1 is 1.80 bits per heavy atom. The molecule has 0 fully saturated rings. The van der Waals surface area contributed by atoms with Gasteiger partial charge in [0.1, 0.15) is 6.29 Å². The summed E-state index contributed by atoms with van der Waals surface area (Å²) in [5.74, 6) is 0.111. The fourth-order valence-corrected chi connectivity index (χ4v) is 0. The first-order valence-electron chi connectivity index (χ1n) is 0.911. The maximum absolute atomic E-state index is 9.04. The molecule has 0 amide bonds. The number of halogens is 1. The van der Waals surface area contributed by atoms with E-state index >= 15 is 0 Å². The Morgan fingerprint density at radius 2 is 2.00 bits per heavy atom. The number of aldehydes is 1. The number of carbonyl (C=O) groups excluding carboxylic acids is 1. The number of rotatable bonds is 1. The minimum absolute atomic E-state index is 0. The van der Waals surface area contributed by atoms with E-state index in [1.807, 2.05) is 0 Å². The van der Waals surface area contributed by atoms with Gasteiger partial charge in [0.2, 0.25) is 0 Å². The van der Waals surface area contributed by atoms with Gasteiger partial charge in [-0.2, -0.15) is 0 Å². The number of hydrogen-bond acceptors (Lipinski definition) is 1. The van der Waals surface area contributed by atoms with Crippen LogP contribution in [0.5, 0.6) is 0 Å². The fourth-order valence-electron chi connectivity index (χ4n) is 0. The summed E-state index contributed by atoms with van der Waals surface area (Å²) in [7, 11) is 0. The second-order valence-corrected chi connectivity index (χ2v) is 0.630. The van der Waals surface area contributed by atoms with E-state index < -0.39 is 0 Å². The van der Waals surface area contributed by atoms with Crippen molar-refractivity contribution in [2.75, 3.05) is 5.88 Å². The first-order chi connectivity index (χ1) is 1.91. The first-order valence-corrected chi connectivity index (χ1v) is 1.45. The fraction of sp³-hybridized carbons (Fsp3) is 0.500. The van der Waals surface area contributed by atoms with Crippen LogP contribution in [0.15, 0.2) is 0 Å². The zero-order chi connectivity index (χ0) is 3.41. The molecule has 0 bridgehead atoms. The van der Waals surface area contributed by atoms with E-state index in [0.717, 1.165) is 0 Å². The van der Waals surface area contributed by atoms with Crippen molar-refractivity contribution in [2.24, 2.45) is 0 Å². The minimum atomic E-state index is 0. The molecule has 0 aliphatic heterocycles. The van der Waals surface area contributed by atoms with Gasteiger partial charge in [0, 0.05) is 0 Å². The third kappa shape index (κ3) is 12.3. The van der Waals surface area contributed by atoms with Gasteiger partial charge >= 0.3 is 18.9 Å². The van der Waals surface area contributed by atoms with Crippen LogP contribution in [0, 0.1) is 0 Å². The summed E-state index contributed by atoms with van der Waals surface area (Å²) in [6, 6.07) is 0. The van der Waals surface area contributed by atoms with Crippen molar-refractivity contribution >= 4 is 36.7 Å². The molecule has 0 aromatic heterocycles. The molecule has 0 atom stereocenters. The standard InChI is InChI=1S/C2H3ClO.Li.H/c3-1-2-4;;/h2H,1H2;;. The van der Waals surface area contributed by atoms with Gasteiger partial charge < -0.3 is 4.79 Å². The molecule has 0 rings (SSSR count). The predicted octanol–water partition coefficient (Wildman–Crippen LogP) is -0.224. The Morgan fingerprint density at radius 3 is 2.00 bits per heavy atom. The molecule has 0 aromatic carbocycles. The zero-order valence-corrected chi connectivity index (χ0v) is 2.83. The molecule has 0 heterocycles. The summed E-state index contributed by atoms with van der Waals surface area (Å²) in [6.45, 7) is 0. The van der Waals surface area contributed by atoms with Gasteiger partial charge in [-0.3, -0.25) is 0 Å². The van der Waals surface area contributed by atoms with E-state index in [1.165, 1.54) is 0 Å². The molecule has 0 unspecified atom stereocenters. The second-order valence-electron chi connectivity index (χ2n) is 0.321. The van der Waals surface area contributed by atoms with Crippen molar-refractivity contribution in [3.05, 3.63) is 0 Å². The number of carbonyl (C=O) groups is 1. The first kappa shape index (κ1) is 9.12. The van der Waals surface area contributed by atoms with Crippen molar-refractivity contribution < 1.29 is 4.79 Å². The topological polar surface area (TPSA) is 17.1 Å². The molecular weight excluding hydrogens is 82.4 g/mol. The van der Waals surface area contributed by atoms with Crippen LogP contribution >= 0.6 is 11.6 Å². The molecule has 3 heteroatoms. The second kappa shape index (κ2) is 8.82. The molecule has 0 saturated carbocycles. The third-order valence-corrected chi connectivity index (χ3v) is 0.189. The van der Waals surface area contributed by atoms with E-state index in [9.17, 15) is 0 Å². The van der Waals surface area contributed by atoms with Crippen LogP contribution < -0.4 is 0 Å². The average Bonchev–Trinajstić information content (AvgIpc) is 1.37. The van der Waals surface area contributed by atoms with Crippen molar-refractivity contribution in [1.29, 1.82) is 0 Å². The van der Waals surface area contributed by atoms with Crippen LogP contribution in [0.4, 0.5) is 0 Å². The number of hydrogen-bond donors (Lipinski definition) is 0. The van der Waals surface area contributed by atoms with Gasteiger partial charge in [-0.1, -0.05) is 0 Å². The molecule has 1 nitrogen and oxygen atoms in total. The third-order valence-electron chi connectivity index (χ3n) is 0.0630. The van der Waals surface area contributed by atoms with Crippen LogP contribution in [0.2, 0.25) is 0 Å². The van der Waals surface area contributed by atoms with Gasteiger partial charge in [-0.05, 0) is 0 Å². The van der Waals surface area contributed by atoms with Crippen LogP contribution in [0.25, 0.3) is 0 Å². The molecule has 0 aromatic rings. The van der Waals surface area contributed by atoms with Gasteiger partial charge in [0.25, 0.3) is 0 Å². The van der Waals surface area contributed by atoms with E-state index in [2.05, 4.69) is 0 Å². The van der Waals surface area contributed by atoms with Crippen molar-refractivity contribution in [2.45, 2.75) is 0 Å². The Labute approximate surface area is 47.9 Å². The van der Waals surface area contributed by atoms with E-state index in [4.69, 9.17) is 16.4 Å². The zero-order valence-electron chi connectivity index (χ0n) is 2.07. The maximum atomic E-state index is 9.04. The molecular formula is C2H4ClLiO. The molecule has 0 radical (unpaired) electrons. The molecule has 0 saturated heterocycles. The molecule has 5 heavy (non-hydrogen) atoms. The number of alkyl halides is 1. The molecule has 0 aliphatic rings. The summed E-state index contributed by atoms with van der Waals surface area (Å²) in [5.41, 5.74) is 0. The van der Waals surface area contributed by atoms with Crippen molar-refractivity contribution in [1.82, 2.24) is 0 Å². The normalized spacial score (nSPS) is 5.00. The van der Waals surface area contributed by atoms with Crippen LogP contribution in [-0.2, 0) is 4.79 Å². The van der Waals surface area contributed by atoms with E-state index in [0.29, 0.717) is 6.29 Å². The van der Waals surface area contributed by atoms with Crippen molar-refractivity contribution in [3.8, 4) is 0 Å². The quantitative estimate of drug-likeness (QED) is 0.245. The van der Waals surface area contributed by atoms with Gasteiger partial charge in [-0.15, -0.1) is 11.6 Å². The molecule has 0 aliphatic carbocycles. The predicted molar refractivity (Wildman–Crippen MR) is 23.9 cm³/mol. The SMILES string of the molecule is O=CCCl.[LiH]. The van der Waals surface area contributed by atoms with Gasteiger partial charge in [-0.25, -0.2) is 0 Å². The molecule has 0 spiro atoms. The van der Waals surface area contributed by atoms with E-state index in [1.54, 1.807) is 0 Å².